The fourth-order valence-corrected chi connectivity index (χ4v) is 4.58. The molecule has 3 nitrogen and oxygen atoms in total. The Morgan fingerprint density at radius 2 is 1.48 bits per heavy atom. The molecule has 0 spiro atoms. The van der Waals surface area contributed by atoms with Crippen molar-refractivity contribution in [2.75, 3.05) is 28.2 Å². The maximum atomic E-state index is 10.5. The molecule has 1 aromatic carbocycles. The number of rotatable bonds is 5. The first-order valence-corrected chi connectivity index (χ1v) is 9.17. The van der Waals surface area contributed by atoms with E-state index >= 15 is 0 Å². The second-order valence-corrected chi connectivity index (χ2v) is 8.52. The van der Waals surface area contributed by atoms with Gasteiger partial charge >= 0.3 is 0 Å². The predicted octanol–water partition coefficient (Wildman–Crippen LogP) is 4.03. The maximum absolute atomic E-state index is 10.5. The van der Waals surface area contributed by atoms with Gasteiger partial charge in [0.25, 0.3) is 0 Å². The first-order chi connectivity index (χ1) is 9.86. The summed E-state index contributed by atoms with van der Waals surface area (Å²) in [6, 6.07) is 6.18. The fourth-order valence-electron chi connectivity index (χ4n) is 2.20. The van der Waals surface area contributed by atoms with Gasteiger partial charge < -0.3 is 14.9 Å². The molecule has 0 unspecified atom stereocenters. The zero-order valence-corrected chi connectivity index (χ0v) is 15.2. The number of aromatic hydroxyl groups is 1. The Morgan fingerprint density at radius 3 is 1.86 bits per heavy atom. The summed E-state index contributed by atoms with van der Waals surface area (Å²) < 4.78 is 0.909. The van der Waals surface area contributed by atoms with Crippen LogP contribution in [0.25, 0.3) is 10.4 Å². The van der Waals surface area contributed by atoms with Gasteiger partial charge in [0.2, 0.25) is 0 Å². The van der Waals surface area contributed by atoms with E-state index < -0.39 is 0 Å². The van der Waals surface area contributed by atoms with Crippen LogP contribution in [0, 0.1) is 3.82 Å². The van der Waals surface area contributed by atoms with Gasteiger partial charge in [0.15, 0.2) is 0 Å². The Balaban J connectivity index is 2.52. The molecule has 0 saturated carbocycles. The van der Waals surface area contributed by atoms with Gasteiger partial charge in [0, 0.05) is 29.1 Å². The van der Waals surface area contributed by atoms with Gasteiger partial charge in [-0.2, -0.15) is 0 Å². The lowest BCUT2D eigenvalue weighted by Gasteiger charge is -2.18. The number of phenolic OH excluding ortho intramolecular Hbond substituents is 1. The van der Waals surface area contributed by atoms with Crippen molar-refractivity contribution in [2.45, 2.75) is 13.1 Å². The van der Waals surface area contributed by atoms with Crippen LogP contribution in [0.3, 0.4) is 0 Å². The molecule has 0 fully saturated rings. The largest absolute Gasteiger partial charge is 0.507 e. The highest BCUT2D eigenvalue weighted by atomic mass is 32.9. The van der Waals surface area contributed by atoms with Crippen molar-refractivity contribution < 1.29 is 5.11 Å². The lowest BCUT2D eigenvalue weighted by atomic mass is 10.0. The minimum atomic E-state index is 0.403. The molecule has 0 radical (unpaired) electrons. The van der Waals surface area contributed by atoms with E-state index in [-0.39, 0.29) is 0 Å². The van der Waals surface area contributed by atoms with Crippen LogP contribution in [0.4, 0.5) is 0 Å². The van der Waals surface area contributed by atoms with Crippen molar-refractivity contribution in [2.24, 2.45) is 0 Å². The minimum absolute atomic E-state index is 0.403. The molecule has 0 aliphatic rings. The highest BCUT2D eigenvalue weighted by molar-refractivity contribution is 7.80. The molecule has 0 aliphatic heterocycles. The quantitative estimate of drug-likeness (QED) is 0.656. The first-order valence-electron chi connectivity index (χ1n) is 6.61. The number of hydrogen-bond acceptors (Lipinski definition) is 6. The minimum Gasteiger partial charge on any atom is -0.507 e. The summed E-state index contributed by atoms with van der Waals surface area (Å²) in [7, 11) is 11.3. The van der Waals surface area contributed by atoms with Crippen molar-refractivity contribution in [1.82, 2.24) is 9.80 Å². The smallest absolute Gasteiger partial charge is 0.124 e. The van der Waals surface area contributed by atoms with E-state index in [1.165, 1.54) is 4.88 Å². The van der Waals surface area contributed by atoms with Gasteiger partial charge in [-0.1, -0.05) is 32.9 Å². The van der Waals surface area contributed by atoms with Crippen LogP contribution in [-0.4, -0.2) is 43.1 Å². The molecular formula is C15H20N2OS3. The highest BCUT2D eigenvalue weighted by Gasteiger charge is 2.13. The summed E-state index contributed by atoms with van der Waals surface area (Å²) >= 11 is 5.23. The van der Waals surface area contributed by atoms with Crippen LogP contribution in [-0.2, 0) is 13.1 Å². The van der Waals surface area contributed by atoms with E-state index in [2.05, 4.69) is 21.9 Å². The van der Waals surface area contributed by atoms with E-state index in [1.54, 1.807) is 20.7 Å². The summed E-state index contributed by atoms with van der Waals surface area (Å²) in [6.07, 6.45) is 0. The zero-order chi connectivity index (χ0) is 15.6. The van der Waals surface area contributed by atoms with Crippen molar-refractivity contribution in [1.29, 1.82) is 0 Å². The third-order valence-corrected chi connectivity index (χ3v) is 5.90. The monoisotopic (exact) mass is 340 g/mol. The Bertz CT molecular complexity index is 643. The Hall–Kier alpha value is -0.790. The Labute approximate surface area is 138 Å². The molecule has 1 N–H and O–H groups in total. The van der Waals surface area contributed by atoms with Crippen molar-refractivity contribution >= 4 is 32.9 Å². The number of hydrogen-bond donors (Lipinski definition) is 1. The summed E-state index contributed by atoms with van der Waals surface area (Å²) in [5, 5.41) is 10.5. The van der Waals surface area contributed by atoms with Crippen LogP contribution in [0.5, 0.6) is 5.75 Å². The molecule has 1 aromatic heterocycles. The highest BCUT2D eigenvalue weighted by Crippen LogP contribution is 2.35. The molecule has 114 valence electrons. The van der Waals surface area contributed by atoms with Crippen LogP contribution >= 0.6 is 32.9 Å². The SMILES string of the molecule is CN(C)Cc1cc(-c2cc(=S)ss2)cc(CN(C)C)c1O. The molecule has 2 aromatic rings. The van der Waals surface area contributed by atoms with E-state index in [1.807, 2.05) is 34.3 Å². The number of phenols is 1. The maximum Gasteiger partial charge on any atom is 0.124 e. The van der Waals surface area contributed by atoms with Gasteiger partial charge in [0.1, 0.15) is 9.57 Å². The van der Waals surface area contributed by atoms with E-state index in [0.717, 1.165) is 33.6 Å². The molecule has 1 heterocycles. The van der Waals surface area contributed by atoms with Crippen LogP contribution < -0.4 is 0 Å². The first kappa shape index (κ1) is 16.6. The standard InChI is InChI=1S/C15H20N2OS3/c1-16(2)8-11-5-10(13-7-14(19)21-20-13)6-12(15(11)18)9-17(3)4/h5-7,18H,8-9H2,1-4H3. The van der Waals surface area contributed by atoms with E-state index in [9.17, 15) is 5.11 Å². The molecule has 0 aliphatic carbocycles. The molecule has 0 atom stereocenters. The number of nitrogens with zero attached hydrogens (tertiary/aromatic N) is 2. The third kappa shape index (κ3) is 4.34. The Kier molecular flexibility index (Phi) is 5.51. The second kappa shape index (κ2) is 6.98. The predicted molar refractivity (Wildman–Crippen MR) is 94.9 cm³/mol. The van der Waals surface area contributed by atoms with Gasteiger partial charge in [-0.15, -0.1) is 0 Å². The van der Waals surface area contributed by atoms with Gasteiger partial charge in [-0.25, -0.2) is 0 Å². The van der Waals surface area contributed by atoms with Crippen molar-refractivity contribution in [3.63, 3.8) is 0 Å². The van der Waals surface area contributed by atoms with Gasteiger partial charge in [-0.05, 0) is 52.0 Å². The van der Waals surface area contributed by atoms with Crippen molar-refractivity contribution in [3.8, 4) is 16.2 Å². The zero-order valence-electron chi connectivity index (χ0n) is 12.7. The summed E-state index contributed by atoms with van der Waals surface area (Å²) in [5.74, 6) is 0.403. The average molecular weight is 341 g/mol. The lowest BCUT2D eigenvalue weighted by Crippen LogP contribution is -2.14. The molecule has 2 rings (SSSR count). The van der Waals surface area contributed by atoms with E-state index in [4.69, 9.17) is 12.2 Å². The topological polar surface area (TPSA) is 26.7 Å². The molecule has 6 heteroatoms. The van der Waals surface area contributed by atoms with E-state index in [0.29, 0.717) is 5.75 Å². The molecular weight excluding hydrogens is 320 g/mol. The summed E-state index contributed by atoms with van der Waals surface area (Å²) in [5.41, 5.74) is 3.05. The molecule has 0 bridgehead atoms. The summed E-state index contributed by atoms with van der Waals surface area (Å²) in [6.45, 7) is 1.44. The molecule has 21 heavy (non-hydrogen) atoms. The van der Waals surface area contributed by atoms with Crippen LogP contribution in [0.1, 0.15) is 11.1 Å². The fraction of sp³-hybridized carbons (Fsp3) is 0.400. The van der Waals surface area contributed by atoms with Crippen LogP contribution in [0.15, 0.2) is 18.2 Å². The third-order valence-electron chi connectivity index (χ3n) is 2.99. The van der Waals surface area contributed by atoms with Crippen LogP contribution in [0.2, 0.25) is 0 Å². The molecule has 0 amide bonds. The Morgan fingerprint density at radius 1 is 0.952 bits per heavy atom. The number of benzene rings is 1. The average Bonchev–Trinajstić information content (AvgIpc) is 2.79. The van der Waals surface area contributed by atoms with Crippen molar-refractivity contribution in [3.05, 3.63) is 33.1 Å². The normalized spacial score (nSPS) is 11.5. The van der Waals surface area contributed by atoms with Gasteiger partial charge in [0.05, 0.1) is 0 Å². The second-order valence-electron chi connectivity index (χ2n) is 5.61. The molecule has 0 saturated heterocycles. The van der Waals surface area contributed by atoms with Gasteiger partial charge in [-0.3, -0.25) is 0 Å². The lowest BCUT2D eigenvalue weighted by molar-refractivity contribution is 0.368. The summed E-state index contributed by atoms with van der Waals surface area (Å²) in [4.78, 5) is 5.30.